The second-order valence-electron chi connectivity index (χ2n) is 14.5. The Morgan fingerprint density at radius 1 is 0.364 bits per heavy atom. The summed E-state index contributed by atoms with van der Waals surface area (Å²) in [6, 6.07) is 80.0. The van der Waals surface area contributed by atoms with Crippen LogP contribution in [0.1, 0.15) is 22.3 Å². The zero-order valence-corrected chi connectivity index (χ0v) is 30.2. The zero-order valence-electron chi connectivity index (χ0n) is 30.2. The van der Waals surface area contributed by atoms with E-state index in [1.807, 2.05) is 0 Å². The minimum absolute atomic E-state index is 0.489. The Hall–Kier alpha value is -7.16. The van der Waals surface area contributed by atoms with Crippen LogP contribution in [0, 0.1) is 0 Å². The van der Waals surface area contributed by atoms with Crippen molar-refractivity contribution >= 4 is 49.6 Å². The molecular weight excluding hydrogens is 665 g/mol. The summed E-state index contributed by atoms with van der Waals surface area (Å²) in [5.41, 5.74) is 14.1. The molecule has 0 N–H and O–H groups in total. The lowest BCUT2D eigenvalue weighted by atomic mass is 9.67. The number of nitrogens with zero attached hydrogens (tertiary/aromatic N) is 2. The van der Waals surface area contributed by atoms with Crippen LogP contribution in [-0.4, -0.2) is 4.57 Å². The van der Waals surface area contributed by atoms with Gasteiger partial charge in [0.1, 0.15) is 0 Å². The lowest BCUT2D eigenvalue weighted by Gasteiger charge is -2.35. The van der Waals surface area contributed by atoms with Gasteiger partial charge in [-0.25, -0.2) is 0 Å². The average molecular weight is 701 g/mol. The maximum atomic E-state index is 2.45. The predicted octanol–water partition coefficient (Wildman–Crippen LogP) is 13.8. The van der Waals surface area contributed by atoms with Crippen LogP contribution in [0.5, 0.6) is 0 Å². The third-order valence-corrected chi connectivity index (χ3v) is 11.6. The molecule has 0 bridgehead atoms. The van der Waals surface area contributed by atoms with E-state index < -0.39 is 5.41 Å². The van der Waals surface area contributed by atoms with E-state index in [0.717, 1.165) is 22.7 Å². The number of para-hydroxylation sites is 2. The quantitative estimate of drug-likeness (QED) is 0.168. The molecule has 0 amide bonds. The third kappa shape index (κ3) is 4.68. The van der Waals surface area contributed by atoms with Crippen molar-refractivity contribution in [2.75, 3.05) is 4.90 Å². The average Bonchev–Trinajstić information content (AvgIpc) is 3.76. The van der Waals surface area contributed by atoms with Gasteiger partial charge in [-0.15, -0.1) is 0 Å². The first-order chi connectivity index (χ1) is 27.3. The Kier molecular flexibility index (Phi) is 7.11. The molecule has 0 saturated carbocycles. The Morgan fingerprint density at radius 2 is 0.927 bits per heavy atom. The van der Waals surface area contributed by atoms with E-state index in [1.165, 1.54) is 66.0 Å². The van der Waals surface area contributed by atoms with Crippen molar-refractivity contribution in [1.82, 2.24) is 4.57 Å². The summed E-state index contributed by atoms with van der Waals surface area (Å²) in [6.45, 7) is 0. The van der Waals surface area contributed by atoms with Gasteiger partial charge in [-0.1, -0.05) is 170 Å². The van der Waals surface area contributed by atoms with Gasteiger partial charge in [-0.05, 0) is 87.3 Å². The van der Waals surface area contributed by atoms with Crippen molar-refractivity contribution in [3.63, 3.8) is 0 Å². The number of hydrogen-bond donors (Lipinski definition) is 0. The van der Waals surface area contributed by atoms with Crippen LogP contribution in [-0.2, 0) is 5.41 Å². The Labute approximate surface area is 320 Å². The number of rotatable bonds is 6. The molecule has 0 atom stereocenters. The zero-order chi connectivity index (χ0) is 36.3. The summed E-state index contributed by atoms with van der Waals surface area (Å²) in [7, 11) is 0. The first-order valence-electron chi connectivity index (χ1n) is 19.0. The molecule has 0 unspecified atom stereocenters. The summed E-state index contributed by atoms with van der Waals surface area (Å²) in [6.07, 6.45) is 0. The van der Waals surface area contributed by atoms with Crippen LogP contribution in [0.2, 0.25) is 0 Å². The molecule has 1 aliphatic rings. The molecule has 10 aromatic rings. The summed E-state index contributed by atoms with van der Waals surface area (Å²) in [5.74, 6) is 0. The van der Waals surface area contributed by atoms with E-state index in [9.17, 15) is 0 Å². The van der Waals surface area contributed by atoms with E-state index in [2.05, 4.69) is 228 Å². The van der Waals surface area contributed by atoms with Crippen LogP contribution in [0.3, 0.4) is 0 Å². The third-order valence-electron chi connectivity index (χ3n) is 11.6. The van der Waals surface area contributed by atoms with Crippen LogP contribution in [0.25, 0.3) is 49.4 Å². The molecule has 0 spiro atoms. The first-order valence-corrected chi connectivity index (χ1v) is 19.0. The predicted molar refractivity (Wildman–Crippen MR) is 230 cm³/mol. The number of hydrogen-bond acceptors (Lipinski definition) is 1. The van der Waals surface area contributed by atoms with Crippen molar-refractivity contribution in [3.05, 3.63) is 241 Å². The highest BCUT2D eigenvalue weighted by Crippen LogP contribution is 2.57. The lowest BCUT2D eigenvalue weighted by Crippen LogP contribution is -2.28. The fraction of sp³-hybridized carbons (Fsp3) is 0.0189. The maximum Gasteiger partial charge on any atom is 0.0714 e. The van der Waals surface area contributed by atoms with E-state index in [-0.39, 0.29) is 0 Å². The molecule has 0 aliphatic heterocycles. The van der Waals surface area contributed by atoms with Crippen LogP contribution in [0.15, 0.2) is 218 Å². The molecule has 258 valence electrons. The number of benzene rings is 9. The number of aromatic nitrogens is 1. The molecule has 2 nitrogen and oxygen atoms in total. The fourth-order valence-corrected chi connectivity index (χ4v) is 9.35. The Bertz CT molecular complexity index is 2980. The largest absolute Gasteiger partial charge is 0.310 e. The summed E-state index contributed by atoms with van der Waals surface area (Å²) in [4.78, 5) is 2.43. The highest BCUT2D eigenvalue weighted by atomic mass is 15.1. The molecule has 1 heterocycles. The SMILES string of the molecule is c1ccc(N(c2ccc3c(c2)C(c2ccccc2)(c2ccccc2)c2ccccc2-3)c2ccc3c4ccc5ccccc5c4n(-c4ccccc4)c3c2)cc1. The normalized spacial score (nSPS) is 12.9. The Balaban J connectivity index is 1.20. The van der Waals surface area contributed by atoms with Gasteiger partial charge < -0.3 is 9.47 Å². The minimum atomic E-state index is -0.489. The molecule has 55 heavy (non-hydrogen) atoms. The lowest BCUT2D eigenvalue weighted by molar-refractivity contribution is 0.768. The van der Waals surface area contributed by atoms with Crippen LogP contribution < -0.4 is 4.90 Å². The van der Waals surface area contributed by atoms with Gasteiger partial charge in [-0.3, -0.25) is 0 Å². The highest BCUT2D eigenvalue weighted by molar-refractivity contribution is 6.19. The smallest absolute Gasteiger partial charge is 0.0714 e. The first kappa shape index (κ1) is 31.4. The van der Waals surface area contributed by atoms with E-state index >= 15 is 0 Å². The Morgan fingerprint density at radius 3 is 1.67 bits per heavy atom. The molecular formula is C53H36N2. The fourth-order valence-electron chi connectivity index (χ4n) is 9.35. The van der Waals surface area contributed by atoms with Gasteiger partial charge >= 0.3 is 0 Å². The van der Waals surface area contributed by atoms with Gasteiger partial charge in [0.15, 0.2) is 0 Å². The molecule has 11 rings (SSSR count). The van der Waals surface area contributed by atoms with E-state index in [1.54, 1.807) is 0 Å². The van der Waals surface area contributed by atoms with Gasteiger partial charge in [0.2, 0.25) is 0 Å². The minimum Gasteiger partial charge on any atom is -0.310 e. The summed E-state index contributed by atoms with van der Waals surface area (Å²) >= 11 is 0. The second kappa shape index (κ2) is 12.5. The van der Waals surface area contributed by atoms with Crippen molar-refractivity contribution in [2.24, 2.45) is 0 Å². The van der Waals surface area contributed by atoms with E-state index in [0.29, 0.717) is 0 Å². The van der Waals surface area contributed by atoms with Gasteiger partial charge in [-0.2, -0.15) is 0 Å². The molecule has 0 radical (unpaired) electrons. The van der Waals surface area contributed by atoms with Crippen molar-refractivity contribution < 1.29 is 0 Å². The second-order valence-corrected chi connectivity index (χ2v) is 14.5. The maximum absolute atomic E-state index is 2.45. The molecule has 0 fully saturated rings. The highest BCUT2D eigenvalue weighted by Gasteiger charge is 2.46. The van der Waals surface area contributed by atoms with Gasteiger partial charge in [0.25, 0.3) is 0 Å². The molecule has 2 heteroatoms. The summed E-state index contributed by atoms with van der Waals surface area (Å²) < 4.78 is 2.45. The molecule has 1 aliphatic carbocycles. The molecule has 9 aromatic carbocycles. The number of anilines is 3. The standard InChI is InChI=1S/C53H36N2/c1-5-18-38(19-6-1)53(39-20-7-2-8-21-39)49-28-16-15-27-45(49)46-33-30-42(35-50(46)53)54(40-22-9-3-10-23-40)43-31-34-47-48-32-29-37-17-13-14-26-44(37)52(48)55(51(47)36-43)41-24-11-4-12-25-41/h1-36H. The van der Waals surface area contributed by atoms with Crippen molar-refractivity contribution in [1.29, 1.82) is 0 Å². The van der Waals surface area contributed by atoms with Crippen LogP contribution in [0.4, 0.5) is 17.1 Å². The van der Waals surface area contributed by atoms with Gasteiger partial charge in [0, 0.05) is 38.9 Å². The van der Waals surface area contributed by atoms with E-state index in [4.69, 9.17) is 0 Å². The molecule has 0 saturated heterocycles. The van der Waals surface area contributed by atoms with Crippen molar-refractivity contribution in [2.45, 2.75) is 5.41 Å². The molecule has 1 aromatic heterocycles. The van der Waals surface area contributed by atoms with Gasteiger partial charge in [0.05, 0.1) is 16.4 Å². The monoisotopic (exact) mass is 700 g/mol. The topological polar surface area (TPSA) is 8.17 Å². The van der Waals surface area contributed by atoms with Crippen LogP contribution >= 0.6 is 0 Å². The number of fused-ring (bicyclic) bond motifs is 8. The summed E-state index contributed by atoms with van der Waals surface area (Å²) in [5, 5.41) is 4.97. The van der Waals surface area contributed by atoms with Crippen molar-refractivity contribution in [3.8, 4) is 16.8 Å².